The Morgan fingerprint density at radius 2 is 1.87 bits per heavy atom. The topological polar surface area (TPSA) is 21.3 Å². The second kappa shape index (κ2) is 8.93. The fraction of sp³-hybridized carbons (Fsp3) is 0.333. The molecule has 0 bridgehead atoms. The zero-order valence-electron chi connectivity index (χ0n) is 13.2. The van der Waals surface area contributed by atoms with E-state index in [1.165, 1.54) is 0 Å². The Balaban J connectivity index is 2.06. The van der Waals surface area contributed by atoms with Gasteiger partial charge in [-0.3, -0.25) is 0 Å². The Morgan fingerprint density at radius 3 is 2.57 bits per heavy atom. The molecule has 1 N–H and O–H groups in total. The highest BCUT2D eigenvalue weighted by atomic mass is 79.9. The van der Waals surface area contributed by atoms with Gasteiger partial charge in [0.25, 0.3) is 0 Å². The van der Waals surface area contributed by atoms with E-state index in [4.69, 9.17) is 27.9 Å². The van der Waals surface area contributed by atoms with Gasteiger partial charge in [-0.2, -0.15) is 0 Å². The van der Waals surface area contributed by atoms with Crippen LogP contribution in [0.15, 0.2) is 40.9 Å². The van der Waals surface area contributed by atoms with Gasteiger partial charge in [-0.15, -0.1) is 0 Å². The van der Waals surface area contributed by atoms with Crippen LogP contribution in [0.1, 0.15) is 25.0 Å². The van der Waals surface area contributed by atoms with Gasteiger partial charge >= 0.3 is 0 Å². The Morgan fingerprint density at radius 1 is 1.09 bits per heavy atom. The average molecular weight is 417 g/mol. The number of hydrogen-bond donors (Lipinski definition) is 1. The van der Waals surface area contributed by atoms with Gasteiger partial charge in [0.1, 0.15) is 12.4 Å². The number of ether oxygens (including phenoxy) is 1. The van der Waals surface area contributed by atoms with E-state index in [-0.39, 0.29) is 0 Å². The normalized spacial score (nSPS) is 11.0. The molecule has 0 heterocycles. The van der Waals surface area contributed by atoms with Gasteiger partial charge in [-0.1, -0.05) is 59.0 Å². The molecule has 124 valence electrons. The van der Waals surface area contributed by atoms with Crippen molar-refractivity contribution in [2.45, 2.75) is 27.0 Å². The minimum atomic E-state index is 0.412. The molecule has 5 heteroatoms. The van der Waals surface area contributed by atoms with Crippen molar-refractivity contribution in [1.82, 2.24) is 5.32 Å². The van der Waals surface area contributed by atoms with Crippen LogP contribution in [0.2, 0.25) is 10.0 Å². The Kier molecular flexibility index (Phi) is 7.22. The maximum Gasteiger partial charge on any atom is 0.124 e. The molecule has 0 fully saturated rings. The first-order valence-electron chi connectivity index (χ1n) is 7.51. The maximum atomic E-state index is 6.19. The van der Waals surface area contributed by atoms with Crippen LogP contribution in [-0.2, 0) is 13.2 Å². The van der Waals surface area contributed by atoms with Gasteiger partial charge in [-0.05, 0) is 42.8 Å². The third-order valence-electron chi connectivity index (χ3n) is 3.29. The molecule has 0 spiro atoms. The molecule has 0 radical (unpaired) electrons. The SMILES string of the molecule is CC(C)CNCc1cc(Br)ccc1OCc1ccc(Cl)cc1Cl. The molecule has 0 amide bonds. The minimum absolute atomic E-state index is 0.412. The van der Waals surface area contributed by atoms with E-state index in [0.717, 1.165) is 34.4 Å². The van der Waals surface area contributed by atoms with Crippen molar-refractivity contribution in [3.63, 3.8) is 0 Å². The van der Waals surface area contributed by atoms with Gasteiger partial charge in [0, 0.05) is 32.2 Å². The number of halogens is 3. The smallest absolute Gasteiger partial charge is 0.124 e. The summed E-state index contributed by atoms with van der Waals surface area (Å²) in [7, 11) is 0. The van der Waals surface area contributed by atoms with Crippen LogP contribution in [0, 0.1) is 5.92 Å². The zero-order chi connectivity index (χ0) is 16.8. The Hall–Kier alpha value is -0.740. The summed E-state index contributed by atoms with van der Waals surface area (Å²) < 4.78 is 7.01. The van der Waals surface area contributed by atoms with Crippen molar-refractivity contribution >= 4 is 39.1 Å². The van der Waals surface area contributed by atoms with E-state index in [1.807, 2.05) is 24.3 Å². The lowest BCUT2D eigenvalue weighted by molar-refractivity contribution is 0.302. The maximum absolute atomic E-state index is 6.19. The van der Waals surface area contributed by atoms with Crippen LogP contribution in [0.25, 0.3) is 0 Å². The molecular weight excluding hydrogens is 397 g/mol. The molecule has 0 aromatic heterocycles. The number of hydrogen-bond acceptors (Lipinski definition) is 2. The second-order valence-electron chi connectivity index (χ2n) is 5.80. The van der Waals surface area contributed by atoms with E-state index < -0.39 is 0 Å². The Labute approximate surface area is 156 Å². The van der Waals surface area contributed by atoms with Crippen LogP contribution < -0.4 is 10.1 Å². The fourth-order valence-corrected chi connectivity index (χ4v) is 2.99. The van der Waals surface area contributed by atoms with Crippen molar-refractivity contribution < 1.29 is 4.74 Å². The molecule has 0 atom stereocenters. The second-order valence-corrected chi connectivity index (χ2v) is 7.56. The predicted molar refractivity (Wildman–Crippen MR) is 101 cm³/mol. The minimum Gasteiger partial charge on any atom is -0.489 e. The lowest BCUT2D eigenvalue weighted by atomic mass is 10.1. The summed E-state index contributed by atoms with van der Waals surface area (Å²) in [4.78, 5) is 0. The standard InChI is InChI=1S/C18H20BrCl2NO/c1-12(2)9-22-10-14-7-15(19)4-6-18(14)23-11-13-3-5-16(20)8-17(13)21/h3-8,12,22H,9-11H2,1-2H3. The lowest BCUT2D eigenvalue weighted by Gasteiger charge is -2.14. The summed E-state index contributed by atoms with van der Waals surface area (Å²) in [5, 5.41) is 4.69. The van der Waals surface area contributed by atoms with Crippen molar-refractivity contribution in [1.29, 1.82) is 0 Å². The van der Waals surface area contributed by atoms with Crippen LogP contribution in [0.5, 0.6) is 5.75 Å². The number of nitrogens with one attached hydrogen (secondary N) is 1. The molecule has 0 aliphatic heterocycles. The average Bonchev–Trinajstić information content (AvgIpc) is 2.47. The summed E-state index contributed by atoms with van der Waals surface area (Å²) in [6.45, 7) is 6.52. The highest BCUT2D eigenvalue weighted by Crippen LogP contribution is 2.26. The highest BCUT2D eigenvalue weighted by Gasteiger charge is 2.08. The van der Waals surface area contributed by atoms with Gasteiger partial charge in [-0.25, -0.2) is 0 Å². The molecule has 0 unspecified atom stereocenters. The van der Waals surface area contributed by atoms with Gasteiger partial charge in [0.15, 0.2) is 0 Å². The lowest BCUT2D eigenvalue weighted by Crippen LogP contribution is -2.19. The molecular formula is C18H20BrCl2NO. The van der Waals surface area contributed by atoms with Crippen molar-refractivity contribution in [3.8, 4) is 5.75 Å². The van der Waals surface area contributed by atoms with E-state index in [1.54, 1.807) is 6.07 Å². The molecule has 2 rings (SSSR count). The van der Waals surface area contributed by atoms with Crippen LogP contribution in [-0.4, -0.2) is 6.54 Å². The first kappa shape index (κ1) is 18.6. The fourth-order valence-electron chi connectivity index (χ4n) is 2.12. The summed E-state index contributed by atoms with van der Waals surface area (Å²) in [6, 6.07) is 11.5. The largest absolute Gasteiger partial charge is 0.489 e. The summed E-state index contributed by atoms with van der Waals surface area (Å²) >= 11 is 15.6. The van der Waals surface area contributed by atoms with Crippen LogP contribution >= 0.6 is 39.1 Å². The molecule has 0 saturated heterocycles. The zero-order valence-corrected chi connectivity index (χ0v) is 16.3. The first-order valence-corrected chi connectivity index (χ1v) is 9.06. The number of benzene rings is 2. The molecule has 2 aromatic rings. The quantitative estimate of drug-likeness (QED) is 0.590. The van der Waals surface area contributed by atoms with E-state index in [9.17, 15) is 0 Å². The van der Waals surface area contributed by atoms with Crippen molar-refractivity contribution in [2.24, 2.45) is 5.92 Å². The van der Waals surface area contributed by atoms with Gasteiger partial charge < -0.3 is 10.1 Å². The van der Waals surface area contributed by atoms with Crippen LogP contribution in [0.4, 0.5) is 0 Å². The van der Waals surface area contributed by atoms with Crippen LogP contribution in [0.3, 0.4) is 0 Å². The Bertz CT molecular complexity index is 661. The first-order chi connectivity index (χ1) is 11.0. The summed E-state index contributed by atoms with van der Waals surface area (Å²) in [6.07, 6.45) is 0. The van der Waals surface area contributed by atoms with E-state index in [2.05, 4.69) is 41.2 Å². The third-order valence-corrected chi connectivity index (χ3v) is 4.37. The summed E-state index contributed by atoms with van der Waals surface area (Å²) in [5.74, 6) is 1.47. The molecule has 23 heavy (non-hydrogen) atoms. The third kappa shape index (κ3) is 6.00. The highest BCUT2D eigenvalue weighted by molar-refractivity contribution is 9.10. The molecule has 0 aliphatic carbocycles. The monoisotopic (exact) mass is 415 g/mol. The molecule has 0 aliphatic rings. The summed E-state index contributed by atoms with van der Waals surface area (Å²) in [5.41, 5.74) is 2.03. The molecule has 2 nitrogen and oxygen atoms in total. The van der Waals surface area contributed by atoms with Crippen molar-refractivity contribution in [3.05, 3.63) is 62.0 Å². The van der Waals surface area contributed by atoms with Gasteiger partial charge in [0.05, 0.1) is 0 Å². The van der Waals surface area contributed by atoms with E-state index in [0.29, 0.717) is 22.6 Å². The van der Waals surface area contributed by atoms with Crippen molar-refractivity contribution in [2.75, 3.05) is 6.54 Å². The molecule has 0 saturated carbocycles. The van der Waals surface area contributed by atoms with E-state index >= 15 is 0 Å². The molecule has 2 aromatic carbocycles. The number of rotatable bonds is 7. The predicted octanol–water partition coefficient (Wildman–Crippen LogP) is 6.08. The van der Waals surface area contributed by atoms with Gasteiger partial charge in [0.2, 0.25) is 0 Å².